The van der Waals surface area contributed by atoms with Gasteiger partial charge in [0.25, 0.3) is 0 Å². The SMILES string of the molecule is CCCCCCC/C=C\C/C=C\CCCCCCCCCCCCCCCCCCCCCCCCCCCC(=O)NC(COC1OC(CO)C(O)C(O)C1O)C(O)/C=C/CCCCCCCCCCCCCCCCCCCCCCCCCC. The van der Waals surface area contributed by atoms with Crippen molar-refractivity contribution in [3.8, 4) is 0 Å². The van der Waals surface area contributed by atoms with Crippen molar-refractivity contribution in [3.63, 3.8) is 0 Å². The van der Waals surface area contributed by atoms with Crippen LogP contribution in [0.2, 0.25) is 0 Å². The summed E-state index contributed by atoms with van der Waals surface area (Å²) in [6, 6.07) is -0.804. The van der Waals surface area contributed by atoms with Crippen molar-refractivity contribution < 1.29 is 39.8 Å². The van der Waals surface area contributed by atoms with E-state index in [-0.39, 0.29) is 12.5 Å². The smallest absolute Gasteiger partial charge is 0.220 e. The van der Waals surface area contributed by atoms with Gasteiger partial charge in [-0.3, -0.25) is 4.79 Å². The van der Waals surface area contributed by atoms with E-state index in [1.165, 1.54) is 327 Å². The number of unbranched alkanes of at least 4 members (excludes halogenated alkanes) is 54. The monoisotopic (exact) mass is 1210 g/mol. The summed E-state index contributed by atoms with van der Waals surface area (Å²) >= 11 is 0. The number of ether oxygens (including phenoxy) is 2. The number of nitrogens with one attached hydrogen (secondary N) is 1. The molecule has 1 saturated heterocycles. The molecule has 0 aliphatic carbocycles. The van der Waals surface area contributed by atoms with Crippen molar-refractivity contribution in [2.45, 2.75) is 436 Å². The maximum absolute atomic E-state index is 13.2. The van der Waals surface area contributed by atoms with Crippen molar-refractivity contribution >= 4 is 5.91 Å². The normalized spacial score (nSPS) is 18.2. The molecule has 0 aromatic rings. The zero-order valence-corrected chi connectivity index (χ0v) is 57.1. The molecule has 0 saturated carbocycles. The molecule has 1 aliphatic heterocycles. The topological polar surface area (TPSA) is 149 Å². The molecule has 7 atom stereocenters. The number of aliphatic hydroxyl groups is 5. The van der Waals surface area contributed by atoms with Crippen LogP contribution in [-0.2, 0) is 14.3 Å². The van der Waals surface area contributed by atoms with Gasteiger partial charge in [-0.05, 0) is 51.4 Å². The molecule has 0 spiro atoms. The van der Waals surface area contributed by atoms with Crippen LogP contribution in [0.1, 0.15) is 393 Å². The maximum atomic E-state index is 13.2. The number of amides is 1. The van der Waals surface area contributed by atoms with E-state index < -0.39 is 49.5 Å². The van der Waals surface area contributed by atoms with Crippen molar-refractivity contribution in [1.29, 1.82) is 0 Å². The van der Waals surface area contributed by atoms with Crippen LogP contribution in [-0.4, -0.2) is 87.5 Å². The van der Waals surface area contributed by atoms with Gasteiger partial charge < -0.3 is 40.3 Å². The summed E-state index contributed by atoms with van der Waals surface area (Å²) in [4.78, 5) is 13.2. The standard InChI is InChI=1S/C77H147NO8/c1-3-5-7-9-11-13-15-17-19-21-23-25-27-29-31-32-33-34-35-36-37-38-39-40-41-43-45-47-49-51-53-55-57-59-61-63-65-67-73(81)78-70(69-85-77-76(84)75(83)74(82)72(68-79)86-77)71(80)66-64-62-60-58-56-54-52-50-48-46-44-42-30-28-26-24-22-20-18-16-14-12-10-8-6-4-2/h15,17,21,23,64,66,70-72,74-77,79-80,82-84H,3-14,16,18-20,22,24-63,65,67-69H2,1-2H3,(H,78,81)/b17-15-,23-21-,66-64+. The molecule has 0 aromatic heterocycles. The molecule has 1 amide bonds. The summed E-state index contributed by atoms with van der Waals surface area (Å²) in [5.41, 5.74) is 0. The van der Waals surface area contributed by atoms with Crippen molar-refractivity contribution in [2.24, 2.45) is 0 Å². The zero-order chi connectivity index (χ0) is 62.1. The van der Waals surface area contributed by atoms with Gasteiger partial charge in [0.05, 0.1) is 25.4 Å². The fraction of sp³-hybridized carbons (Fsp3) is 0.909. The number of aliphatic hydroxyl groups excluding tert-OH is 5. The van der Waals surface area contributed by atoms with Crippen LogP contribution < -0.4 is 5.32 Å². The summed E-state index contributed by atoms with van der Waals surface area (Å²) < 4.78 is 11.3. The molecular weight excluding hydrogens is 1070 g/mol. The first-order chi connectivity index (χ1) is 42.3. The highest BCUT2D eigenvalue weighted by molar-refractivity contribution is 5.76. The largest absolute Gasteiger partial charge is 0.394 e. The van der Waals surface area contributed by atoms with E-state index >= 15 is 0 Å². The van der Waals surface area contributed by atoms with Crippen molar-refractivity contribution in [3.05, 3.63) is 36.5 Å². The molecule has 9 heteroatoms. The van der Waals surface area contributed by atoms with Crippen LogP contribution in [0.5, 0.6) is 0 Å². The second-order valence-electron chi connectivity index (χ2n) is 26.8. The number of hydrogen-bond acceptors (Lipinski definition) is 8. The highest BCUT2D eigenvalue weighted by Crippen LogP contribution is 2.24. The lowest BCUT2D eigenvalue weighted by molar-refractivity contribution is -0.302. The summed E-state index contributed by atoms with van der Waals surface area (Å²) in [5.74, 6) is -0.168. The van der Waals surface area contributed by atoms with Gasteiger partial charge >= 0.3 is 0 Å². The molecule has 0 aromatic carbocycles. The number of rotatable bonds is 68. The average Bonchev–Trinajstić information content (AvgIpc) is 2.44. The number of carbonyl (C=O) groups is 1. The van der Waals surface area contributed by atoms with Gasteiger partial charge in [-0.15, -0.1) is 0 Å². The van der Waals surface area contributed by atoms with Crippen LogP contribution >= 0.6 is 0 Å². The Labute approximate surface area is 533 Å². The Morgan fingerprint density at radius 1 is 0.395 bits per heavy atom. The Bertz CT molecular complexity index is 1450. The van der Waals surface area contributed by atoms with Crippen LogP contribution in [0.3, 0.4) is 0 Å². The molecule has 1 rings (SSSR count). The Hall–Kier alpha value is -1.59. The molecule has 7 unspecified atom stereocenters. The van der Waals surface area contributed by atoms with E-state index in [1.54, 1.807) is 6.08 Å². The molecule has 0 radical (unpaired) electrons. The first-order valence-electron chi connectivity index (χ1n) is 38.2. The first kappa shape index (κ1) is 82.4. The van der Waals surface area contributed by atoms with Gasteiger partial charge in [0, 0.05) is 6.42 Å². The zero-order valence-electron chi connectivity index (χ0n) is 57.1. The van der Waals surface area contributed by atoms with Gasteiger partial charge in [-0.1, -0.05) is 371 Å². The summed E-state index contributed by atoms with van der Waals surface area (Å²) in [6.07, 6.45) is 82.8. The fourth-order valence-electron chi connectivity index (χ4n) is 12.5. The van der Waals surface area contributed by atoms with Crippen LogP contribution in [0.4, 0.5) is 0 Å². The van der Waals surface area contributed by atoms with Crippen LogP contribution in [0, 0.1) is 0 Å². The third-order valence-corrected chi connectivity index (χ3v) is 18.5. The van der Waals surface area contributed by atoms with Gasteiger partial charge in [0.1, 0.15) is 24.4 Å². The Kier molecular flexibility index (Phi) is 63.6. The third-order valence-electron chi connectivity index (χ3n) is 18.5. The molecule has 1 heterocycles. The predicted molar refractivity (Wildman–Crippen MR) is 369 cm³/mol. The fourth-order valence-corrected chi connectivity index (χ4v) is 12.5. The minimum absolute atomic E-state index is 0.168. The van der Waals surface area contributed by atoms with Gasteiger partial charge in [0.15, 0.2) is 6.29 Å². The molecule has 508 valence electrons. The molecule has 1 fully saturated rings. The molecular formula is C77H147NO8. The van der Waals surface area contributed by atoms with Gasteiger partial charge in [0.2, 0.25) is 5.91 Å². The minimum Gasteiger partial charge on any atom is -0.394 e. The molecule has 1 aliphatic rings. The quantitative estimate of drug-likeness (QED) is 0.0261. The first-order valence-corrected chi connectivity index (χ1v) is 38.2. The van der Waals surface area contributed by atoms with Gasteiger partial charge in [-0.2, -0.15) is 0 Å². The van der Waals surface area contributed by atoms with Crippen molar-refractivity contribution in [1.82, 2.24) is 5.32 Å². The Balaban J connectivity index is 2.07. The number of allylic oxidation sites excluding steroid dienone is 5. The summed E-state index contributed by atoms with van der Waals surface area (Å²) in [6.45, 7) is 3.83. The highest BCUT2D eigenvalue weighted by atomic mass is 16.7. The third kappa shape index (κ3) is 54.2. The second-order valence-corrected chi connectivity index (χ2v) is 26.8. The number of carbonyl (C=O) groups excluding carboxylic acids is 1. The lowest BCUT2D eigenvalue weighted by atomic mass is 9.99. The van der Waals surface area contributed by atoms with Crippen LogP contribution in [0.15, 0.2) is 36.5 Å². The van der Waals surface area contributed by atoms with E-state index in [9.17, 15) is 30.3 Å². The Morgan fingerprint density at radius 3 is 1.00 bits per heavy atom. The lowest BCUT2D eigenvalue weighted by Crippen LogP contribution is -2.60. The van der Waals surface area contributed by atoms with E-state index in [4.69, 9.17) is 9.47 Å². The minimum atomic E-state index is -1.57. The van der Waals surface area contributed by atoms with E-state index in [2.05, 4.69) is 43.5 Å². The van der Waals surface area contributed by atoms with E-state index in [1.807, 2.05) is 6.08 Å². The molecule has 9 nitrogen and oxygen atoms in total. The lowest BCUT2D eigenvalue weighted by Gasteiger charge is -2.40. The summed E-state index contributed by atoms with van der Waals surface area (Å²) in [5, 5.41) is 54.9. The van der Waals surface area contributed by atoms with E-state index in [0.29, 0.717) is 6.42 Å². The second kappa shape index (κ2) is 66.3. The van der Waals surface area contributed by atoms with Crippen molar-refractivity contribution in [2.75, 3.05) is 13.2 Å². The predicted octanol–water partition coefficient (Wildman–Crippen LogP) is 21.4. The van der Waals surface area contributed by atoms with E-state index in [0.717, 1.165) is 44.9 Å². The maximum Gasteiger partial charge on any atom is 0.220 e. The molecule has 6 N–H and O–H groups in total. The highest BCUT2D eigenvalue weighted by Gasteiger charge is 2.44. The number of hydrogen-bond donors (Lipinski definition) is 6. The Morgan fingerprint density at radius 2 is 0.686 bits per heavy atom. The van der Waals surface area contributed by atoms with Crippen LogP contribution in [0.25, 0.3) is 0 Å². The molecule has 86 heavy (non-hydrogen) atoms. The van der Waals surface area contributed by atoms with Gasteiger partial charge in [-0.25, -0.2) is 0 Å². The summed E-state index contributed by atoms with van der Waals surface area (Å²) in [7, 11) is 0. The molecule has 0 bridgehead atoms. The average molecular weight is 1220 g/mol.